The summed E-state index contributed by atoms with van der Waals surface area (Å²) in [5.41, 5.74) is 0. The Kier molecular flexibility index (Phi) is 10.7. The lowest BCUT2D eigenvalue weighted by molar-refractivity contribution is 0.706. The van der Waals surface area contributed by atoms with Gasteiger partial charge in [0, 0.05) is 0 Å². The molecule has 0 aliphatic heterocycles. The van der Waals surface area contributed by atoms with Gasteiger partial charge in [-0.1, -0.05) is 39.5 Å². The van der Waals surface area contributed by atoms with E-state index in [0.717, 1.165) is 0 Å². The summed E-state index contributed by atoms with van der Waals surface area (Å²) < 4.78 is 0. The first-order valence-electron chi connectivity index (χ1n) is 4.99. The third-order valence-corrected chi connectivity index (χ3v) is 2.94. The quantitative estimate of drug-likeness (QED) is 0.499. The Morgan fingerprint density at radius 3 is 2.00 bits per heavy atom. The van der Waals surface area contributed by atoms with E-state index in [9.17, 15) is 0 Å². The van der Waals surface area contributed by atoms with E-state index in [2.05, 4.69) is 25.6 Å². The van der Waals surface area contributed by atoms with Gasteiger partial charge < -0.3 is 0 Å². The van der Waals surface area contributed by atoms with E-state index >= 15 is 0 Å². The number of hydrogen-bond acceptors (Lipinski definition) is 1. The monoisotopic (exact) mass is 174 g/mol. The van der Waals surface area contributed by atoms with Crippen LogP contribution in [0, 0.1) is 0 Å². The van der Waals surface area contributed by atoms with E-state index in [1.165, 1.54) is 50.0 Å². The second-order valence-corrected chi connectivity index (χ2v) is 4.25. The topological polar surface area (TPSA) is 0 Å². The van der Waals surface area contributed by atoms with Crippen molar-refractivity contribution in [2.75, 3.05) is 11.5 Å². The zero-order valence-electron chi connectivity index (χ0n) is 8.07. The van der Waals surface area contributed by atoms with Crippen LogP contribution in [-0.2, 0) is 0 Å². The van der Waals surface area contributed by atoms with E-state index in [1.807, 2.05) is 0 Å². The first kappa shape index (κ1) is 11.4. The number of hydrogen-bond donors (Lipinski definition) is 0. The standard InChI is InChI=1S/C10H22S/c1-3-5-7-8-10-11-9-6-4-2/h3-10H2,1-2H3. The molecule has 68 valence electrons. The molecule has 0 saturated heterocycles. The molecule has 0 unspecified atom stereocenters. The van der Waals surface area contributed by atoms with Crippen LogP contribution in [0.15, 0.2) is 0 Å². The van der Waals surface area contributed by atoms with Crippen LogP contribution >= 0.6 is 11.8 Å². The van der Waals surface area contributed by atoms with Gasteiger partial charge in [0.15, 0.2) is 0 Å². The summed E-state index contributed by atoms with van der Waals surface area (Å²) in [4.78, 5) is 0. The Hall–Kier alpha value is 0.350. The summed E-state index contributed by atoms with van der Waals surface area (Å²) in [6, 6.07) is 0. The van der Waals surface area contributed by atoms with Crippen molar-refractivity contribution in [3.8, 4) is 0 Å². The predicted octanol–water partition coefficient (Wildman–Crippen LogP) is 4.10. The number of unbranched alkanes of at least 4 members (excludes halogenated alkanes) is 4. The third kappa shape index (κ3) is 10.4. The smallest absolute Gasteiger partial charge is 0.00675 e. The van der Waals surface area contributed by atoms with Crippen LogP contribution in [0.5, 0.6) is 0 Å². The molecule has 0 saturated carbocycles. The van der Waals surface area contributed by atoms with Gasteiger partial charge in [-0.05, 0) is 24.3 Å². The molecule has 0 atom stereocenters. The zero-order valence-corrected chi connectivity index (χ0v) is 8.88. The van der Waals surface area contributed by atoms with Crippen molar-refractivity contribution in [1.82, 2.24) is 0 Å². The second kappa shape index (κ2) is 10.3. The van der Waals surface area contributed by atoms with Gasteiger partial charge in [-0.25, -0.2) is 0 Å². The molecule has 0 amide bonds. The van der Waals surface area contributed by atoms with Crippen LogP contribution < -0.4 is 0 Å². The minimum absolute atomic E-state index is 1.35. The number of thioether (sulfide) groups is 1. The highest BCUT2D eigenvalue weighted by atomic mass is 32.2. The highest BCUT2D eigenvalue weighted by Gasteiger charge is 1.88. The molecule has 0 rings (SSSR count). The molecular formula is C10H22S. The maximum Gasteiger partial charge on any atom is -0.00675 e. The molecule has 1 heteroatoms. The summed E-state index contributed by atoms with van der Waals surface area (Å²) in [6.07, 6.45) is 8.41. The van der Waals surface area contributed by atoms with Crippen LogP contribution in [0.25, 0.3) is 0 Å². The van der Waals surface area contributed by atoms with Crippen LogP contribution in [0.3, 0.4) is 0 Å². The fourth-order valence-corrected chi connectivity index (χ4v) is 2.08. The molecule has 0 aliphatic rings. The highest BCUT2D eigenvalue weighted by molar-refractivity contribution is 7.99. The van der Waals surface area contributed by atoms with Gasteiger partial charge in [0.1, 0.15) is 0 Å². The third-order valence-electron chi connectivity index (χ3n) is 1.78. The highest BCUT2D eigenvalue weighted by Crippen LogP contribution is 2.09. The molecule has 0 aliphatic carbocycles. The van der Waals surface area contributed by atoms with Gasteiger partial charge in [-0.2, -0.15) is 11.8 Å². The maximum absolute atomic E-state index is 2.27. The van der Waals surface area contributed by atoms with E-state index in [0.29, 0.717) is 0 Å². The molecule has 0 aromatic carbocycles. The van der Waals surface area contributed by atoms with Crippen molar-refractivity contribution in [1.29, 1.82) is 0 Å². The minimum Gasteiger partial charge on any atom is -0.162 e. The second-order valence-electron chi connectivity index (χ2n) is 3.03. The molecule has 0 bridgehead atoms. The number of rotatable bonds is 8. The average molecular weight is 174 g/mol. The first-order valence-corrected chi connectivity index (χ1v) is 6.15. The van der Waals surface area contributed by atoms with Crippen molar-refractivity contribution >= 4 is 11.8 Å². The van der Waals surface area contributed by atoms with Gasteiger partial charge in [0.2, 0.25) is 0 Å². The molecular weight excluding hydrogens is 152 g/mol. The molecule has 0 radical (unpaired) electrons. The van der Waals surface area contributed by atoms with Gasteiger partial charge in [-0.15, -0.1) is 0 Å². The molecule has 0 spiro atoms. The van der Waals surface area contributed by atoms with Crippen LogP contribution in [-0.4, -0.2) is 11.5 Å². The van der Waals surface area contributed by atoms with Gasteiger partial charge in [0.05, 0.1) is 0 Å². The van der Waals surface area contributed by atoms with Gasteiger partial charge >= 0.3 is 0 Å². The minimum atomic E-state index is 1.35. The van der Waals surface area contributed by atoms with Gasteiger partial charge in [-0.3, -0.25) is 0 Å². The average Bonchev–Trinajstić information content (AvgIpc) is 2.03. The lowest BCUT2D eigenvalue weighted by Gasteiger charge is -1.99. The van der Waals surface area contributed by atoms with Crippen molar-refractivity contribution in [3.63, 3.8) is 0 Å². The van der Waals surface area contributed by atoms with E-state index < -0.39 is 0 Å². The SMILES string of the molecule is CCCCCCSCCCC. The molecule has 0 aromatic heterocycles. The summed E-state index contributed by atoms with van der Waals surface area (Å²) in [5, 5.41) is 0. The summed E-state index contributed by atoms with van der Waals surface area (Å²) in [7, 11) is 0. The van der Waals surface area contributed by atoms with Crippen LogP contribution in [0.2, 0.25) is 0 Å². The molecule has 0 nitrogen and oxygen atoms in total. The predicted molar refractivity (Wildman–Crippen MR) is 56.4 cm³/mol. The Morgan fingerprint density at radius 2 is 1.36 bits per heavy atom. The lowest BCUT2D eigenvalue weighted by atomic mass is 10.2. The Balaban J connectivity index is 2.69. The normalized spacial score (nSPS) is 10.4. The van der Waals surface area contributed by atoms with Crippen LogP contribution in [0.4, 0.5) is 0 Å². The maximum atomic E-state index is 2.27. The molecule has 0 fully saturated rings. The van der Waals surface area contributed by atoms with Crippen LogP contribution in [0.1, 0.15) is 52.4 Å². The fourth-order valence-electron chi connectivity index (χ4n) is 0.979. The van der Waals surface area contributed by atoms with E-state index in [-0.39, 0.29) is 0 Å². The van der Waals surface area contributed by atoms with E-state index in [4.69, 9.17) is 0 Å². The molecule has 0 aromatic rings. The molecule has 11 heavy (non-hydrogen) atoms. The van der Waals surface area contributed by atoms with Crippen molar-refractivity contribution < 1.29 is 0 Å². The summed E-state index contributed by atoms with van der Waals surface area (Å²) in [6.45, 7) is 4.53. The summed E-state index contributed by atoms with van der Waals surface area (Å²) >= 11 is 2.13. The summed E-state index contributed by atoms with van der Waals surface area (Å²) in [5.74, 6) is 2.77. The Bertz CT molecular complexity index is 53.9. The Morgan fingerprint density at radius 1 is 0.727 bits per heavy atom. The van der Waals surface area contributed by atoms with Crippen molar-refractivity contribution in [2.45, 2.75) is 52.4 Å². The van der Waals surface area contributed by atoms with E-state index in [1.54, 1.807) is 0 Å². The van der Waals surface area contributed by atoms with Crippen molar-refractivity contribution in [2.24, 2.45) is 0 Å². The Labute approximate surface area is 76.1 Å². The fraction of sp³-hybridized carbons (Fsp3) is 1.00. The molecule has 0 heterocycles. The zero-order chi connectivity index (χ0) is 8.36. The van der Waals surface area contributed by atoms with Crippen molar-refractivity contribution in [3.05, 3.63) is 0 Å². The lowest BCUT2D eigenvalue weighted by Crippen LogP contribution is -1.83. The largest absolute Gasteiger partial charge is 0.162 e. The molecule has 0 N–H and O–H groups in total. The van der Waals surface area contributed by atoms with Gasteiger partial charge in [0.25, 0.3) is 0 Å². The first-order chi connectivity index (χ1) is 5.41.